The molecular formula is C40H47IrN2O2S3-. The molecule has 0 fully saturated rings. The van der Waals surface area contributed by atoms with Gasteiger partial charge in [0.2, 0.25) is 0 Å². The third kappa shape index (κ3) is 7.20. The van der Waals surface area contributed by atoms with E-state index in [-0.39, 0.29) is 47.9 Å². The van der Waals surface area contributed by atoms with Crippen molar-refractivity contribution in [2.24, 2.45) is 10.8 Å². The summed E-state index contributed by atoms with van der Waals surface area (Å²) in [6, 6.07) is 14.8. The molecule has 257 valence electrons. The molecule has 0 amide bonds. The predicted octanol–water partition coefficient (Wildman–Crippen LogP) is 13.0. The van der Waals surface area contributed by atoms with Crippen LogP contribution in [0.3, 0.4) is 0 Å². The third-order valence-electron chi connectivity index (χ3n) is 10.2. The first-order valence-corrected chi connectivity index (χ1v) is 19.2. The number of aliphatic hydroxyl groups excluding tert-OH is 1. The molecule has 0 saturated heterocycles. The molecule has 0 aliphatic carbocycles. The zero-order valence-corrected chi connectivity index (χ0v) is 34.6. The third-order valence-corrected chi connectivity index (χ3v) is 13.5. The molecule has 0 spiro atoms. The van der Waals surface area contributed by atoms with E-state index in [1.807, 2.05) is 52.9 Å². The van der Waals surface area contributed by atoms with Crippen LogP contribution < -0.4 is 0 Å². The van der Waals surface area contributed by atoms with E-state index in [2.05, 4.69) is 74.5 Å². The molecule has 0 saturated carbocycles. The van der Waals surface area contributed by atoms with Crippen molar-refractivity contribution in [3.8, 4) is 11.3 Å². The number of fused-ring (bicyclic) bond motifs is 6. The monoisotopic (exact) mass is 876 g/mol. The second kappa shape index (κ2) is 14.8. The Morgan fingerprint density at radius 2 is 1.54 bits per heavy atom. The van der Waals surface area contributed by atoms with Crippen LogP contribution in [0, 0.1) is 23.8 Å². The van der Waals surface area contributed by atoms with Crippen molar-refractivity contribution in [3.05, 3.63) is 70.4 Å². The van der Waals surface area contributed by atoms with Gasteiger partial charge in [-0.2, -0.15) is 11.3 Å². The second-order valence-electron chi connectivity index (χ2n) is 14.2. The molecule has 4 heterocycles. The molecule has 0 aliphatic heterocycles. The van der Waals surface area contributed by atoms with Gasteiger partial charge in [0, 0.05) is 53.0 Å². The predicted molar refractivity (Wildman–Crippen MR) is 206 cm³/mol. The van der Waals surface area contributed by atoms with E-state index in [1.165, 1.54) is 46.8 Å². The first kappa shape index (κ1) is 38.3. The number of carbonyl (C=O) groups is 1. The number of allylic oxidation sites excluding steroid dienone is 2. The number of rotatable bonds is 8. The van der Waals surface area contributed by atoms with E-state index >= 15 is 0 Å². The molecule has 48 heavy (non-hydrogen) atoms. The first-order valence-electron chi connectivity index (χ1n) is 16.7. The van der Waals surface area contributed by atoms with E-state index in [9.17, 15) is 9.90 Å². The van der Waals surface area contributed by atoms with E-state index in [0.29, 0.717) is 0 Å². The molecule has 8 heteroatoms. The molecule has 1 N–H and O–H groups in total. The number of benzene rings is 2. The fourth-order valence-corrected chi connectivity index (χ4v) is 9.25. The number of aromatic nitrogens is 2. The summed E-state index contributed by atoms with van der Waals surface area (Å²) in [5.41, 5.74) is 2.84. The summed E-state index contributed by atoms with van der Waals surface area (Å²) in [6.45, 7) is 21.1. The standard InChI is InChI=1S/C25H19N2S3.C15H28O2.Ir/c1-13-9-14-5-6-17-19-20(26-12-27-24(19)30-23(17)22(14)29-13)16-10-15-7-8-28-21(15)18(11-16)25(2,3)4;1-7-14(5,8-2)12(16)11-13(17)15(6,9-3)10-4;/h5-9,11-12H,1-4H3;11,16H,7-10H2,1-6H3;/q-1;;/b;12-11-;. The van der Waals surface area contributed by atoms with E-state index < -0.39 is 0 Å². The van der Waals surface area contributed by atoms with Gasteiger partial charge in [0.05, 0.1) is 9.40 Å². The van der Waals surface area contributed by atoms with Crippen LogP contribution >= 0.6 is 34.0 Å². The molecule has 0 bridgehead atoms. The fraction of sp³-hybridized carbons (Fsp3) is 0.425. The Bertz CT molecular complexity index is 2100. The molecule has 6 rings (SSSR count). The Kier molecular flexibility index (Phi) is 11.8. The summed E-state index contributed by atoms with van der Waals surface area (Å²) in [5.74, 6) is 0.286. The van der Waals surface area contributed by atoms with Crippen LogP contribution in [0.15, 0.2) is 53.9 Å². The maximum Gasteiger partial charge on any atom is 0.164 e. The van der Waals surface area contributed by atoms with Gasteiger partial charge in [-0.05, 0) is 64.9 Å². The van der Waals surface area contributed by atoms with E-state index in [0.717, 1.165) is 47.2 Å². The molecule has 1 radical (unpaired) electrons. The van der Waals surface area contributed by atoms with E-state index in [4.69, 9.17) is 4.98 Å². The van der Waals surface area contributed by atoms with Gasteiger partial charge in [-0.3, -0.25) is 9.78 Å². The van der Waals surface area contributed by atoms with Crippen LogP contribution in [-0.2, 0) is 30.3 Å². The van der Waals surface area contributed by atoms with Crippen molar-refractivity contribution in [2.45, 2.75) is 100 Å². The number of aryl methyl sites for hydroxylation is 1. The van der Waals surface area contributed by atoms with Crippen LogP contribution in [0.4, 0.5) is 0 Å². The van der Waals surface area contributed by atoms with Crippen LogP contribution in [-0.4, -0.2) is 20.9 Å². The van der Waals surface area contributed by atoms with E-state index in [1.54, 1.807) is 29.0 Å². The van der Waals surface area contributed by atoms with Crippen molar-refractivity contribution in [1.29, 1.82) is 0 Å². The molecule has 0 unspecified atom stereocenters. The minimum atomic E-state index is -0.337. The van der Waals surface area contributed by atoms with Crippen LogP contribution in [0.25, 0.3) is 51.7 Å². The number of thiophene rings is 3. The topological polar surface area (TPSA) is 63.1 Å². The van der Waals surface area contributed by atoms with Crippen LogP contribution in [0.2, 0.25) is 0 Å². The minimum absolute atomic E-state index is 0. The average molecular weight is 876 g/mol. The SMILES string of the molecule is CCC(C)(CC)C(=O)/C=C(\O)C(C)(CC)CC.Cc1cc2ccc3c(sc4ncnc(-c5[c-]c6ccsc6c(C(C)(C)C)c5)c43)c2s1.[Ir]. The number of aliphatic hydroxyl groups is 1. The Balaban J connectivity index is 0.000000251. The van der Waals surface area contributed by atoms with Crippen LogP contribution in [0.1, 0.15) is 98.4 Å². The number of ketones is 1. The van der Waals surface area contributed by atoms with Gasteiger partial charge in [-0.25, -0.2) is 4.98 Å². The molecule has 0 atom stereocenters. The first-order chi connectivity index (χ1) is 22.2. The van der Waals surface area contributed by atoms with Gasteiger partial charge < -0.3 is 5.11 Å². The largest absolute Gasteiger partial charge is 0.512 e. The Labute approximate surface area is 311 Å². The van der Waals surface area contributed by atoms with Crippen molar-refractivity contribution < 1.29 is 30.0 Å². The summed E-state index contributed by atoms with van der Waals surface area (Å²) in [4.78, 5) is 24.0. The molecule has 0 aliphatic rings. The molecule has 4 aromatic heterocycles. The maximum absolute atomic E-state index is 12.2. The number of nitrogens with zero attached hydrogens (tertiary/aromatic N) is 2. The van der Waals surface area contributed by atoms with Crippen molar-refractivity contribution in [2.75, 3.05) is 0 Å². The van der Waals surface area contributed by atoms with Crippen LogP contribution in [0.5, 0.6) is 0 Å². The van der Waals surface area contributed by atoms with Gasteiger partial charge in [-0.15, -0.1) is 46.3 Å². The smallest absolute Gasteiger partial charge is 0.164 e. The van der Waals surface area contributed by atoms with Gasteiger partial charge >= 0.3 is 0 Å². The maximum atomic E-state index is 12.2. The Morgan fingerprint density at radius 3 is 2.17 bits per heavy atom. The zero-order chi connectivity index (χ0) is 34.3. The summed E-state index contributed by atoms with van der Waals surface area (Å²) in [7, 11) is 0. The van der Waals surface area contributed by atoms with Crippen molar-refractivity contribution >= 4 is 80.3 Å². The molecule has 4 nitrogen and oxygen atoms in total. The normalized spacial score (nSPS) is 12.8. The molecular weight excluding hydrogens is 829 g/mol. The van der Waals surface area contributed by atoms with Crippen molar-refractivity contribution in [1.82, 2.24) is 9.97 Å². The Morgan fingerprint density at radius 1 is 0.875 bits per heavy atom. The van der Waals surface area contributed by atoms with Crippen molar-refractivity contribution in [3.63, 3.8) is 0 Å². The summed E-state index contributed by atoms with van der Waals surface area (Å²) in [5, 5.41) is 17.2. The van der Waals surface area contributed by atoms with Gasteiger partial charge in [0.1, 0.15) is 16.9 Å². The zero-order valence-electron chi connectivity index (χ0n) is 29.8. The number of hydrogen-bond donors (Lipinski definition) is 1. The minimum Gasteiger partial charge on any atom is -0.512 e. The van der Waals surface area contributed by atoms with Gasteiger partial charge in [-0.1, -0.05) is 85.6 Å². The number of hydrogen-bond acceptors (Lipinski definition) is 7. The number of carbonyl (C=O) groups excluding carboxylic acids is 1. The average Bonchev–Trinajstić information content (AvgIpc) is 3.79. The molecule has 6 aromatic rings. The second-order valence-corrected chi connectivity index (χ2v) is 17.3. The molecule has 2 aromatic carbocycles. The van der Waals surface area contributed by atoms with Gasteiger partial charge in [0.15, 0.2) is 5.78 Å². The summed E-state index contributed by atoms with van der Waals surface area (Å²) >= 11 is 5.43. The fourth-order valence-electron chi connectivity index (χ4n) is 5.87. The Hall–Kier alpha value is -2.48. The quantitative estimate of drug-likeness (QED) is 0.0940. The summed E-state index contributed by atoms with van der Waals surface area (Å²) < 4.78 is 3.99. The summed E-state index contributed by atoms with van der Waals surface area (Å²) in [6.07, 6.45) is 6.46. The van der Waals surface area contributed by atoms with Gasteiger partial charge in [0.25, 0.3) is 0 Å².